The van der Waals surface area contributed by atoms with E-state index in [9.17, 15) is 14.7 Å². The van der Waals surface area contributed by atoms with Crippen molar-refractivity contribution in [1.29, 1.82) is 0 Å². The first-order valence-electron chi connectivity index (χ1n) is 7.07. The van der Waals surface area contributed by atoms with E-state index in [2.05, 4.69) is 0 Å². The molecule has 21 heavy (non-hydrogen) atoms. The van der Waals surface area contributed by atoms with Gasteiger partial charge in [-0.3, -0.25) is 9.59 Å². The molecule has 1 atom stereocenters. The van der Waals surface area contributed by atoms with Crippen LogP contribution in [0.1, 0.15) is 28.8 Å². The van der Waals surface area contributed by atoms with E-state index in [0.717, 1.165) is 5.56 Å². The molecule has 5 heteroatoms. The minimum absolute atomic E-state index is 0.102. The second-order valence-corrected chi connectivity index (χ2v) is 5.66. The maximum Gasteiger partial charge on any atom is 0.313 e. The molecule has 1 aliphatic rings. The van der Waals surface area contributed by atoms with Crippen LogP contribution in [0.3, 0.4) is 0 Å². The van der Waals surface area contributed by atoms with Gasteiger partial charge in [0.25, 0.3) is 5.91 Å². The molecule has 0 spiro atoms. The fourth-order valence-electron chi connectivity index (χ4n) is 2.92. The van der Waals surface area contributed by atoms with E-state index in [4.69, 9.17) is 4.74 Å². The van der Waals surface area contributed by atoms with Crippen LogP contribution in [-0.4, -0.2) is 48.7 Å². The summed E-state index contributed by atoms with van der Waals surface area (Å²) in [6.07, 6.45) is 1.21. The highest BCUT2D eigenvalue weighted by Crippen LogP contribution is 2.31. The van der Waals surface area contributed by atoms with Crippen molar-refractivity contribution in [1.82, 2.24) is 4.90 Å². The van der Waals surface area contributed by atoms with Crippen LogP contribution in [0, 0.1) is 12.3 Å². The summed E-state index contributed by atoms with van der Waals surface area (Å²) in [5.41, 5.74) is 0.544. The third-order valence-corrected chi connectivity index (χ3v) is 4.11. The molecule has 1 heterocycles. The van der Waals surface area contributed by atoms with Crippen LogP contribution in [0.5, 0.6) is 0 Å². The second kappa shape index (κ2) is 6.26. The first-order chi connectivity index (χ1) is 10.00. The summed E-state index contributed by atoms with van der Waals surface area (Å²) in [5, 5.41) is 9.53. The number of carboxylic acids is 1. The van der Waals surface area contributed by atoms with Crippen LogP contribution < -0.4 is 0 Å². The third-order valence-electron chi connectivity index (χ3n) is 4.11. The minimum atomic E-state index is -0.995. The number of amides is 1. The summed E-state index contributed by atoms with van der Waals surface area (Å²) in [7, 11) is 1.49. The standard InChI is InChI=1S/C16H21NO4/c1-12-6-3-4-7-13(12)14(18)17-9-5-8-16(10-17,11-21-2)15(19)20/h3-4,6-7H,5,8-11H2,1-2H3,(H,19,20). The Kier molecular flexibility index (Phi) is 4.63. The zero-order valence-electron chi connectivity index (χ0n) is 12.5. The number of aryl methyl sites for hydroxylation is 1. The topological polar surface area (TPSA) is 66.8 Å². The van der Waals surface area contributed by atoms with Crippen LogP contribution in [0.2, 0.25) is 0 Å². The summed E-state index contributed by atoms with van der Waals surface area (Å²) in [6.45, 7) is 2.80. The van der Waals surface area contributed by atoms with Gasteiger partial charge in [0.15, 0.2) is 0 Å². The zero-order valence-corrected chi connectivity index (χ0v) is 12.5. The Labute approximate surface area is 124 Å². The molecule has 0 aromatic heterocycles. The van der Waals surface area contributed by atoms with Crippen molar-refractivity contribution >= 4 is 11.9 Å². The highest BCUT2D eigenvalue weighted by atomic mass is 16.5. The van der Waals surface area contributed by atoms with Crippen molar-refractivity contribution in [2.45, 2.75) is 19.8 Å². The predicted octanol–water partition coefficient (Wildman–Crippen LogP) is 1.95. The number of hydrogen-bond donors (Lipinski definition) is 1. The van der Waals surface area contributed by atoms with Gasteiger partial charge in [-0.1, -0.05) is 18.2 Å². The quantitative estimate of drug-likeness (QED) is 0.920. The molecule has 1 N–H and O–H groups in total. The highest BCUT2D eigenvalue weighted by molar-refractivity contribution is 5.96. The van der Waals surface area contributed by atoms with E-state index in [1.54, 1.807) is 11.0 Å². The largest absolute Gasteiger partial charge is 0.481 e. The molecule has 1 aromatic rings. The first-order valence-corrected chi connectivity index (χ1v) is 7.07. The molecule has 1 unspecified atom stereocenters. The number of likely N-dealkylation sites (tertiary alicyclic amines) is 1. The van der Waals surface area contributed by atoms with Gasteiger partial charge in [0, 0.05) is 25.8 Å². The molecule has 1 aliphatic heterocycles. The Morgan fingerprint density at radius 1 is 1.38 bits per heavy atom. The summed E-state index contributed by atoms with van der Waals surface area (Å²) in [6, 6.07) is 7.38. The van der Waals surface area contributed by atoms with Crippen molar-refractivity contribution in [2.75, 3.05) is 26.8 Å². The van der Waals surface area contributed by atoms with Gasteiger partial charge in [0.1, 0.15) is 5.41 Å². The average Bonchev–Trinajstić information content (AvgIpc) is 2.47. The molecule has 1 aromatic carbocycles. The molecule has 0 saturated carbocycles. The van der Waals surface area contributed by atoms with Crippen LogP contribution in [0.15, 0.2) is 24.3 Å². The molecule has 1 amide bonds. The van der Waals surface area contributed by atoms with Crippen LogP contribution >= 0.6 is 0 Å². The number of aliphatic carboxylic acids is 1. The molecule has 0 bridgehead atoms. The number of nitrogens with zero attached hydrogens (tertiary/aromatic N) is 1. The molecule has 5 nitrogen and oxygen atoms in total. The number of hydrogen-bond acceptors (Lipinski definition) is 3. The fraction of sp³-hybridized carbons (Fsp3) is 0.500. The van der Waals surface area contributed by atoms with Crippen molar-refractivity contribution in [3.8, 4) is 0 Å². The first kappa shape index (κ1) is 15.5. The summed E-state index contributed by atoms with van der Waals surface area (Å²) < 4.78 is 5.08. The molecule has 1 saturated heterocycles. The predicted molar refractivity (Wildman–Crippen MR) is 78.3 cm³/mol. The van der Waals surface area contributed by atoms with Gasteiger partial charge in [-0.2, -0.15) is 0 Å². The number of benzene rings is 1. The number of carboxylic acid groups (broad SMARTS) is 1. The lowest BCUT2D eigenvalue weighted by Gasteiger charge is -2.39. The number of rotatable bonds is 4. The molecular formula is C16H21NO4. The smallest absolute Gasteiger partial charge is 0.313 e. The summed E-state index contributed by atoms with van der Waals surface area (Å²) in [4.78, 5) is 25.9. The van der Waals surface area contributed by atoms with Crippen LogP contribution in [0.4, 0.5) is 0 Å². The second-order valence-electron chi connectivity index (χ2n) is 5.66. The normalized spacial score (nSPS) is 22.1. The number of methoxy groups -OCH3 is 1. The minimum Gasteiger partial charge on any atom is -0.481 e. The highest BCUT2D eigenvalue weighted by Gasteiger charge is 2.44. The zero-order chi connectivity index (χ0) is 15.5. The number of carbonyl (C=O) groups excluding carboxylic acids is 1. The lowest BCUT2D eigenvalue weighted by atomic mass is 9.80. The Bertz CT molecular complexity index is 539. The monoisotopic (exact) mass is 291 g/mol. The van der Waals surface area contributed by atoms with Gasteiger partial charge in [-0.05, 0) is 31.4 Å². The number of piperidine rings is 1. The Morgan fingerprint density at radius 2 is 2.10 bits per heavy atom. The van der Waals surface area contributed by atoms with Crippen molar-refractivity contribution in [3.05, 3.63) is 35.4 Å². The van der Waals surface area contributed by atoms with E-state index in [1.165, 1.54) is 7.11 Å². The Balaban J connectivity index is 2.23. The Morgan fingerprint density at radius 3 is 2.71 bits per heavy atom. The molecule has 0 radical (unpaired) electrons. The molecule has 0 aliphatic carbocycles. The summed E-state index contributed by atoms with van der Waals surface area (Å²) in [5.74, 6) is -0.999. The van der Waals surface area contributed by atoms with Gasteiger partial charge >= 0.3 is 5.97 Å². The van der Waals surface area contributed by atoms with E-state index in [-0.39, 0.29) is 19.1 Å². The molecule has 2 rings (SSSR count). The van der Waals surface area contributed by atoms with Gasteiger partial charge in [-0.15, -0.1) is 0 Å². The lowest BCUT2D eigenvalue weighted by molar-refractivity contribution is -0.155. The maximum absolute atomic E-state index is 12.6. The van der Waals surface area contributed by atoms with E-state index in [1.807, 2.05) is 25.1 Å². The maximum atomic E-state index is 12.6. The fourth-order valence-corrected chi connectivity index (χ4v) is 2.92. The summed E-state index contributed by atoms with van der Waals surface area (Å²) >= 11 is 0. The average molecular weight is 291 g/mol. The van der Waals surface area contributed by atoms with Gasteiger partial charge in [0.05, 0.1) is 6.61 Å². The third kappa shape index (κ3) is 3.08. The van der Waals surface area contributed by atoms with Crippen molar-refractivity contribution in [3.63, 3.8) is 0 Å². The van der Waals surface area contributed by atoms with Gasteiger partial charge < -0.3 is 14.7 Å². The van der Waals surface area contributed by atoms with E-state index in [0.29, 0.717) is 24.9 Å². The lowest BCUT2D eigenvalue weighted by Crippen LogP contribution is -2.52. The number of ether oxygens (including phenoxy) is 1. The van der Waals surface area contributed by atoms with E-state index < -0.39 is 11.4 Å². The molecule has 1 fully saturated rings. The van der Waals surface area contributed by atoms with Gasteiger partial charge in [-0.25, -0.2) is 0 Å². The number of carbonyl (C=O) groups is 2. The van der Waals surface area contributed by atoms with E-state index >= 15 is 0 Å². The SMILES string of the molecule is COCC1(C(=O)O)CCCN(C(=O)c2ccccc2C)C1. The Hall–Kier alpha value is -1.88. The van der Waals surface area contributed by atoms with Crippen molar-refractivity contribution in [2.24, 2.45) is 5.41 Å². The van der Waals surface area contributed by atoms with Gasteiger partial charge in [0.2, 0.25) is 0 Å². The van der Waals surface area contributed by atoms with Crippen LogP contribution in [-0.2, 0) is 9.53 Å². The molecule has 114 valence electrons. The van der Waals surface area contributed by atoms with Crippen molar-refractivity contribution < 1.29 is 19.4 Å². The molecular weight excluding hydrogens is 270 g/mol. The van der Waals surface area contributed by atoms with Crippen LogP contribution in [0.25, 0.3) is 0 Å².